The van der Waals surface area contributed by atoms with Gasteiger partial charge in [0.2, 0.25) is 5.92 Å². The van der Waals surface area contributed by atoms with Gasteiger partial charge in [0.05, 0.1) is 0 Å². The molecule has 0 unspecified atom stereocenters. The Balaban J connectivity index is 1.31. The van der Waals surface area contributed by atoms with Gasteiger partial charge in [0.15, 0.2) is 0 Å². The Kier molecular flexibility index (Phi) is 6.13. The molecule has 2 aliphatic rings. The first-order valence-electron chi connectivity index (χ1n) is 9.16. The Labute approximate surface area is 156 Å². The number of amides is 1. The number of hydrogen-bond donors (Lipinski definition) is 2. The summed E-state index contributed by atoms with van der Waals surface area (Å²) in [6.07, 6.45) is 3.08. The SMILES string of the molecule is O=C(NCC1CC(NCC2CCC(F)(F)CC2)C1)c1cc(F)cc(Cl)c1. The lowest BCUT2D eigenvalue weighted by Crippen LogP contribution is -2.47. The Hall–Kier alpha value is -1.27. The number of hydrogen-bond acceptors (Lipinski definition) is 2. The normalized spacial score (nSPS) is 25.5. The molecule has 26 heavy (non-hydrogen) atoms. The summed E-state index contributed by atoms with van der Waals surface area (Å²) in [5, 5.41) is 6.47. The van der Waals surface area contributed by atoms with Gasteiger partial charge in [-0.1, -0.05) is 11.6 Å². The molecule has 0 aliphatic heterocycles. The van der Waals surface area contributed by atoms with E-state index >= 15 is 0 Å². The average Bonchev–Trinajstić information content (AvgIpc) is 2.53. The molecular formula is C19H24ClF3N2O. The van der Waals surface area contributed by atoms with Crippen molar-refractivity contribution in [2.24, 2.45) is 11.8 Å². The van der Waals surface area contributed by atoms with E-state index in [1.807, 2.05) is 0 Å². The van der Waals surface area contributed by atoms with Crippen LogP contribution in [-0.2, 0) is 0 Å². The fraction of sp³-hybridized carbons (Fsp3) is 0.632. The zero-order valence-corrected chi connectivity index (χ0v) is 15.3. The van der Waals surface area contributed by atoms with Crippen molar-refractivity contribution in [1.82, 2.24) is 10.6 Å². The first kappa shape index (κ1) is 19.5. The van der Waals surface area contributed by atoms with Crippen molar-refractivity contribution in [2.75, 3.05) is 13.1 Å². The van der Waals surface area contributed by atoms with E-state index in [2.05, 4.69) is 10.6 Å². The van der Waals surface area contributed by atoms with Crippen LogP contribution in [0.15, 0.2) is 18.2 Å². The fourth-order valence-electron chi connectivity index (χ4n) is 3.73. The number of carbonyl (C=O) groups excluding carboxylic acids is 1. The topological polar surface area (TPSA) is 41.1 Å². The van der Waals surface area contributed by atoms with Gasteiger partial charge in [-0.3, -0.25) is 4.79 Å². The molecule has 0 saturated heterocycles. The molecule has 3 nitrogen and oxygen atoms in total. The van der Waals surface area contributed by atoms with Gasteiger partial charge in [0, 0.05) is 36.0 Å². The molecule has 0 atom stereocenters. The van der Waals surface area contributed by atoms with Crippen LogP contribution in [0.25, 0.3) is 0 Å². The third-order valence-electron chi connectivity index (χ3n) is 5.44. The van der Waals surface area contributed by atoms with Crippen LogP contribution in [-0.4, -0.2) is 31.0 Å². The summed E-state index contributed by atoms with van der Waals surface area (Å²) in [6, 6.07) is 4.16. The minimum Gasteiger partial charge on any atom is -0.352 e. The number of alkyl halides is 2. The van der Waals surface area contributed by atoms with Crippen LogP contribution >= 0.6 is 11.6 Å². The first-order chi connectivity index (χ1) is 12.3. The van der Waals surface area contributed by atoms with Crippen molar-refractivity contribution in [2.45, 2.75) is 50.5 Å². The van der Waals surface area contributed by atoms with E-state index < -0.39 is 11.7 Å². The van der Waals surface area contributed by atoms with Crippen molar-refractivity contribution in [3.8, 4) is 0 Å². The summed E-state index contributed by atoms with van der Waals surface area (Å²) in [5.41, 5.74) is 0.220. The van der Waals surface area contributed by atoms with E-state index in [-0.39, 0.29) is 29.3 Å². The quantitative estimate of drug-likeness (QED) is 0.758. The molecule has 2 aliphatic carbocycles. The zero-order valence-electron chi connectivity index (χ0n) is 14.5. The molecule has 0 spiro atoms. The molecule has 0 heterocycles. The lowest BCUT2D eigenvalue weighted by molar-refractivity contribution is -0.0460. The van der Waals surface area contributed by atoms with Gasteiger partial charge in [-0.2, -0.15) is 0 Å². The molecule has 2 N–H and O–H groups in total. The Morgan fingerprint density at radius 3 is 2.46 bits per heavy atom. The fourth-order valence-corrected chi connectivity index (χ4v) is 3.95. The second kappa shape index (κ2) is 8.17. The zero-order chi connectivity index (χ0) is 18.7. The maximum atomic E-state index is 13.3. The van der Waals surface area contributed by atoms with E-state index in [9.17, 15) is 18.0 Å². The second-order valence-electron chi connectivity index (χ2n) is 7.61. The molecule has 7 heteroatoms. The van der Waals surface area contributed by atoms with E-state index in [0.29, 0.717) is 37.3 Å². The number of benzene rings is 1. The highest BCUT2D eigenvalue weighted by molar-refractivity contribution is 6.31. The van der Waals surface area contributed by atoms with Gasteiger partial charge >= 0.3 is 0 Å². The number of carbonyl (C=O) groups is 1. The largest absolute Gasteiger partial charge is 0.352 e. The number of rotatable bonds is 6. The summed E-state index contributed by atoms with van der Waals surface area (Å²) in [6.45, 7) is 1.34. The van der Waals surface area contributed by atoms with Gasteiger partial charge in [-0.25, -0.2) is 13.2 Å². The Morgan fingerprint density at radius 2 is 1.81 bits per heavy atom. The molecule has 1 aromatic carbocycles. The van der Waals surface area contributed by atoms with Crippen LogP contribution in [0, 0.1) is 17.7 Å². The molecule has 0 aromatic heterocycles. The van der Waals surface area contributed by atoms with Gasteiger partial charge in [0.1, 0.15) is 5.82 Å². The van der Waals surface area contributed by atoms with Crippen LogP contribution in [0.3, 0.4) is 0 Å². The summed E-state index contributed by atoms with van der Waals surface area (Å²) in [5.74, 6) is -2.61. The monoisotopic (exact) mass is 388 g/mol. The molecule has 0 bridgehead atoms. The molecule has 2 fully saturated rings. The third kappa shape index (κ3) is 5.36. The Morgan fingerprint density at radius 1 is 1.12 bits per heavy atom. The van der Waals surface area contributed by atoms with Crippen LogP contribution in [0.5, 0.6) is 0 Å². The van der Waals surface area contributed by atoms with Gasteiger partial charge in [0.25, 0.3) is 5.91 Å². The van der Waals surface area contributed by atoms with Crippen LogP contribution in [0.4, 0.5) is 13.2 Å². The molecule has 144 valence electrons. The number of halogens is 4. The van der Waals surface area contributed by atoms with Crippen molar-refractivity contribution in [3.63, 3.8) is 0 Å². The molecule has 3 rings (SSSR count). The Bertz CT molecular complexity index is 619. The predicted octanol–water partition coefficient (Wildman–Crippen LogP) is 4.40. The van der Waals surface area contributed by atoms with Gasteiger partial charge in [-0.05, 0) is 62.3 Å². The third-order valence-corrected chi connectivity index (χ3v) is 5.66. The molecular weight excluding hydrogens is 365 g/mol. The van der Waals surface area contributed by atoms with Crippen LogP contribution in [0.1, 0.15) is 48.9 Å². The van der Waals surface area contributed by atoms with Gasteiger partial charge in [-0.15, -0.1) is 0 Å². The summed E-state index contributed by atoms with van der Waals surface area (Å²) in [4.78, 5) is 12.0. The molecule has 2 saturated carbocycles. The average molecular weight is 389 g/mol. The minimum absolute atomic E-state index is 0.00274. The number of nitrogens with one attached hydrogen (secondary N) is 2. The summed E-state index contributed by atoms with van der Waals surface area (Å²) < 4.78 is 39.6. The summed E-state index contributed by atoms with van der Waals surface area (Å²) in [7, 11) is 0. The molecule has 0 radical (unpaired) electrons. The van der Waals surface area contributed by atoms with Gasteiger partial charge < -0.3 is 10.6 Å². The van der Waals surface area contributed by atoms with Crippen LogP contribution in [0.2, 0.25) is 5.02 Å². The second-order valence-corrected chi connectivity index (χ2v) is 8.05. The van der Waals surface area contributed by atoms with Crippen molar-refractivity contribution in [1.29, 1.82) is 0 Å². The minimum atomic E-state index is -2.47. The van der Waals surface area contributed by atoms with E-state index in [0.717, 1.165) is 25.5 Å². The van der Waals surface area contributed by atoms with Crippen molar-refractivity contribution < 1.29 is 18.0 Å². The van der Waals surface area contributed by atoms with Crippen LogP contribution < -0.4 is 10.6 Å². The summed E-state index contributed by atoms with van der Waals surface area (Å²) >= 11 is 5.76. The smallest absolute Gasteiger partial charge is 0.251 e. The lowest BCUT2D eigenvalue weighted by Gasteiger charge is -2.38. The highest BCUT2D eigenvalue weighted by Gasteiger charge is 2.35. The van der Waals surface area contributed by atoms with Crippen molar-refractivity contribution >= 4 is 17.5 Å². The molecule has 1 aromatic rings. The molecule has 1 amide bonds. The van der Waals surface area contributed by atoms with E-state index in [1.54, 1.807) is 0 Å². The standard InChI is InChI=1S/C19H24ClF3N2O/c20-15-7-14(8-16(21)9-15)18(26)25-11-13-5-17(6-13)24-10-12-1-3-19(22,23)4-2-12/h7-9,12-13,17,24H,1-6,10-11H2,(H,25,26). The first-order valence-corrected chi connectivity index (χ1v) is 9.54. The van der Waals surface area contributed by atoms with E-state index in [1.165, 1.54) is 12.1 Å². The van der Waals surface area contributed by atoms with E-state index in [4.69, 9.17) is 11.6 Å². The maximum Gasteiger partial charge on any atom is 0.251 e. The highest BCUT2D eigenvalue weighted by Crippen LogP contribution is 2.36. The lowest BCUT2D eigenvalue weighted by atomic mass is 9.79. The van der Waals surface area contributed by atoms with Crippen molar-refractivity contribution in [3.05, 3.63) is 34.6 Å². The maximum absolute atomic E-state index is 13.3. The highest BCUT2D eigenvalue weighted by atomic mass is 35.5. The predicted molar refractivity (Wildman–Crippen MR) is 95.2 cm³/mol.